The minimum atomic E-state index is -0.319. The number of pyridine rings is 1. The Labute approximate surface area is 87.9 Å². The lowest BCUT2D eigenvalue weighted by molar-refractivity contribution is -0.116. The van der Waals surface area contributed by atoms with Crippen molar-refractivity contribution in [3.05, 3.63) is 30.1 Å². The van der Waals surface area contributed by atoms with Crippen molar-refractivity contribution >= 4 is 12.3 Å². The summed E-state index contributed by atoms with van der Waals surface area (Å²) in [5.74, 6) is -0.319. The van der Waals surface area contributed by atoms with E-state index >= 15 is 0 Å². The van der Waals surface area contributed by atoms with Crippen molar-refractivity contribution in [2.75, 3.05) is 13.1 Å². The van der Waals surface area contributed by atoms with Gasteiger partial charge in [0.05, 0.1) is 0 Å². The normalized spacial score (nSPS) is 9.67. The van der Waals surface area contributed by atoms with E-state index in [0.29, 0.717) is 31.5 Å². The van der Waals surface area contributed by atoms with Crippen LogP contribution in [0.25, 0.3) is 0 Å². The molecule has 0 spiro atoms. The van der Waals surface area contributed by atoms with Gasteiger partial charge in [0.15, 0.2) is 0 Å². The largest absolute Gasteiger partial charge is 0.330 e. The van der Waals surface area contributed by atoms with Crippen molar-refractivity contribution in [2.24, 2.45) is 5.73 Å². The lowest BCUT2D eigenvalue weighted by Crippen LogP contribution is -2.31. The van der Waals surface area contributed by atoms with Gasteiger partial charge < -0.3 is 5.73 Å². The Kier molecular flexibility index (Phi) is 4.43. The van der Waals surface area contributed by atoms with Crippen LogP contribution in [0.3, 0.4) is 0 Å². The van der Waals surface area contributed by atoms with E-state index in [1.165, 1.54) is 12.4 Å². The second-order valence-corrected chi connectivity index (χ2v) is 2.98. The molecule has 2 N–H and O–H groups in total. The molecule has 1 aromatic heterocycles. The zero-order valence-corrected chi connectivity index (χ0v) is 8.30. The van der Waals surface area contributed by atoms with Gasteiger partial charge in [-0.3, -0.25) is 19.5 Å². The molecule has 0 bridgehead atoms. The average Bonchev–Trinajstić information content (AvgIpc) is 2.31. The smallest absolute Gasteiger partial charge is 0.260 e. The molecule has 0 aliphatic carbocycles. The second kappa shape index (κ2) is 5.87. The fraction of sp³-hybridized carbons (Fsp3) is 0.300. The highest BCUT2D eigenvalue weighted by molar-refractivity contribution is 5.99. The molecule has 0 aliphatic rings. The SMILES string of the molecule is NCCCN(C=O)C(=O)c1ccncc1. The van der Waals surface area contributed by atoms with E-state index in [0.717, 1.165) is 4.90 Å². The van der Waals surface area contributed by atoms with Gasteiger partial charge in [-0.1, -0.05) is 0 Å². The van der Waals surface area contributed by atoms with E-state index in [1.54, 1.807) is 12.1 Å². The van der Waals surface area contributed by atoms with Crippen LogP contribution in [0.4, 0.5) is 0 Å². The van der Waals surface area contributed by atoms with Gasteiger partial charge >= 0.3 is 0 Å². The molecule has 0 radical (unpaired) electrons. The first-order valence-corrected chi connectivity index (χ1v) is 4.66. The minimum absolute atomic E-state index is 0.319. The Hall–Kier alpha value is -1.75. The third-order valence-corrected chi connectivity index (χ3v) is 1.92. The van der Waals surface area contributed by atoms with E-state index in [1.807, 2.05) is 0 Å². The maximum absolute atomic E-state index is 11.7. The van der Waals surface area contributed by atoms with Gasteiger partial charge in [0.2, 0.25) is 6.41 Å². The van der Waals surface area contributed by atoms with Gasteiger partial charge in [0.25, 0.3) is 5.91 Å². The first kappa shape index (κ1) is 11.3. The lowest BCUT2D eigenvalue weighted by atomic mass is 10.2. The third kappa shape index (κ3) is 3.14. The molecule has 0 aliphatic heterocycles. The van der Waals surface area contributed by atoms with E-state index < -0.39 is 0 Å². The predicted molar refractivity (Wildman–Crippen MR) is 55.0 cm³/mol. The van der Waals surface area contributed by atoms with Crippen LogP contribution in [0.5, 0.6) is 0 Å². The number of hydrogen-bond donors (Lipinski definition) is 1. The monoisotopic (exact) mass is 207 g/mol. The summed E-state index contributed by atoms with van der Waals surface area (Å²) >= 11 is 0. The molecule has 5 nitrogen and oxygen atoms in total. The highest BCUT2D eigenvalue weighted by atomic mass is 16.2. The Morgan fingerprint density at radius 2 is 2.13 bits per heavy atom. The summed E-state index contributed by atoms with van der Waals surface area (Å²) in [4.78, 5) is 27.3. The van der Waals surface area contributed by atoms with Crippen molar-refractivity contribution in [3.63, 3.8) is 0 Å². The quantitative estimate of drug-likeness (QED) is 0.691. The molecule has 0 saturated carbocycles. The van der Waals surface area contributed by atoms with Crippen LogP contribution < -0.4 is 5.73 Å². The average molecular weight is 207 g/mol. The van der Waals surface area contributed by atoms with Gasteiger partial charge in [-0.15, -0.1) is 0 Å². The van der Waals surface area contributed by atoms with Crippen LogP contribution >= 0.6 is 0 Å². The summed E-state index contributed by atoms with van der Waals surface area (Å²) in [7, 11) is 0. The zero-order valence-electron chi connectivity index (χ0n) is 8.30. The van der Waals surface area contributed by atoms with Gasteiger partial charge in [-0.25, -0.2) is 0 Å². The summed E-state index contributed by atoms with van der Waals surface area (Å²) in [5.41, 5.74) is 5.76. The summed E-state index contributed by atoms with van der Waals surface area (Å²) in [6.45, 7) is 0.801. The molecule has 0 unspecified atom stereocenters. The van der Waals surface area contributed by atoms with Crippen molar-refractivity contribution < 1.29 is 9.59 Å². The Morgan fingerprint density at radius 3 is 2.67 bits per heavy atom. The highest BCUT2D eigenvalue weighted by Gasteiger charge is 2.13. The predicted octanol–water partition coefficient (Wildman–Crippen LogP) is 0.0290. The Morgan fingerprint density at radius 1 is 1.47 bits per heavy atom. The molecule has 15 heavy (non-hydrogen) atoms. The van der Waals surface area contributed by atoms with Crippen molar-refractivity contribution in [1.82, 2.24) is 9.88 Å². The maximum atomic E-state index is 11.7. The van der Waals surface area contributed by atoms with E-state index in [2.05, 4.69) is 4.98 Å². The van der Waals surface area contributed by atoms with Gasteiger partial charge in [0.1, 0.15) is 0 Å². The highest BCUT2D eigenvalue weighted by Crippen LogP contribution is 2.02. The van der Waals surface area contributed by atoms with Crippen molar-refractivity contribution in [2.45, 2.75) is 6.42 Å². The fourth-order valence-electron chi connectivity index (χ4n) is 1.12. The molecule has 1 aromatic rings. The first-order valence-electron chi connectivity index (χ1n) is 4.66. The Bertz CT molecular complexity index is 327. The summed E-state index contributed by atoms with van der Waals surface area (Å²) in [5, 5.41) is 0. The van der Waals surface area contributed by atoms with Crippen LogP contribution in [0.1, 0.15) is 16.8 Å². The Balaban J connectivity index is 2.69. The number of carbonyl (C=O) groups is 2. The van der Waals surface area contributed by atoms with Crippen LogP contribution in [0, 0.1) is 0 Å². The standard InChI is InChI=1S/C10H13N3O2/c11-4-1-7-13(8-14)10(15)9-2-5-12-6-3-9/h2-3,5-6,8H,1,4,7,11H2. The molecule has 5 heteroatoms. The van der Waals surface area contributed by atoms with Crippen LogP contribution in [0.15, 0.2) is 24.5 Å². The van der Waals surface area contributed by atoms with E-state index in [4.69, 9.17) is 5.73 Å². The van der Waals surface area contributed by atoms with E-state index in [-0.39, 0.29) is 5.91 Å². The number of rotatable bonds is 5. The molecular formula is C10H13N3O2. The molecule has 1 rings (SSSR count). The molecule has 0 fully saturated rings. The summed E-state index contributed by atoms with van der Waals surface area (Å²) in [6, 6.07) is 3.14. The lowest BCUT2D eigenvalue weighted by Gasteiger charge is -2.14. The number of imide groups is 1. The molecule has 80 valence electrons. The van der Waals surface area contributed by atoms with Crippen molar-refractivity contribution in [1.29, 1.82) is 0 Å². The number of nitrogens with zero attached hydrogens (tertiary/aromatic N) is 2. The van der Waals surface area contributed by atoms with Crippen LogP contribution in [-0.2, 0) is 4.79 Å². The van der Waals surface area contributed by atoms with E-state index in [9.17, 15) is 9.59 Å². The number of carbonyl (C=O) groups excluding carboxylic acids is 2. The number of hydrogen-bond acceptors (Lipinski definition) is 4. The van der Waals surface area contributed by atoms with Gasteiger partial charge in [-0.2, -0.15) is 0 Å². The molecular weight excluding hydrogens is 194 g/mol. The topological polar surface area (TPSA) is 76.3 Å². The van der Waals surface area contributed by atoms with Crippen LogP contribution in [0.2, 0.25) is 0 Å². The van der Waals surface area contributed by atoms with Crippen molar-refractivity contribution in [3.8, 4) is 0 Å². The third-order valence-electron chi connectivity index (χ3n) is 1.92. The molecule has 2 amide bonds. The molecule has 0 saturated heterocycles. The summed E-state index contributed by atoms with van der Waals surface area (Å²) < 4.78 is 0. The van der Waals surface area contributed by atoms with Gasteiger partial charge in [0, 0.05) is 24.5 Å². The maximum Gasteiger partial charge on any atom is 0.260 e. The second-order valence-electron chi connectivity index (χ2n) is 2.98. The fourth-order valence-corrected chi connectivity index (χ4v) is 1.12. The number of amides is 2. The number of nitrogens with two attached hydrogens (primary N) is 1. The molecule has 0 atom stereocenters. The molecule has 1 heterocycles. The summed E-state index contributed by atoms with van der Waals surface area (Å²) in [6.07, 6.45) is 4.16. The first-order chi connectivity index (χ1) is 7.29. The van der Waals surface area contributed by atoms with Crippen LogP contribution in [-0.4, -0.2) is 35.3 Å². The molecule has 0 aromatic carbocycles. The van der Waals surface area contributed by atoms with Gasteiger partial charge in [-0.05, 0) is 25.1 Å². The number of aromatic nitrogens is 1. The zero-order chi connectivity index (χ0) is 11.1. The minimum Gasteiger partial charge on any atom is -0.330 e.